The zero-order valence-electron chi connectivity index (χ0n) is 16.4. The van der Waals surface area contributed by atoms with Crippen LogP contribution >= 0.6 is 0 Å². The fourth-order valence-electron chi connectivity index (χ4n) is 4.05. The van der Waals surface area contributed by atoms with Crippen LogP contribution < -0.4 is 10.6 Å². The van der Waals surface area contributed by atoms with Crippen LogP contribution in [0.15, 0.2) is 36.4 Å². The van der Waals surface area contributed by atoms with E-state index < -0.39 is 0 Å². The molecule has 3 aromatic heterocycles. The summed E-state index contributed by atoms with van der Waals surface area (Å²) < 4.78 is 1.83. The lowest BCUT2D eigenvalue weighted by molar-refractivity contribution is 0.126. The van der Waals surface area contributed by atoms with E-state index in [9.17, 15) is 5.11 Å². The van der Waals surface area contributed by atoms with Gasteiger partial charge in [-0.15, -0.1) is 5.10 Å². The van der Waals surface area contributed by atoms with Gasteiger partial charge in [0.15, 0.2) is 5.65 Å². The third-order valence-corrected chi connectivity index (χ3v) is 5.64. The number of nitrogens with zero attached hydrogens (tertiary/aromatic N) is 4. The number of aromatic nitrogens is 5. The molecule has 150 valence electrons. The summed E-state index contributed by atoms with van der Waals surface area (Å²) in [5, 5.41) is 29.8. The van der Waals surface area contributed by atoms with Crippen molar-refractivity contribution in [3.8, 4) is 0 Å². The molecular formula is C21H25N7O. The molecule has 1 aromatic carbocycles. The number of benzene rings is 1. The van der Waals surface area contributed by atoms with Crippen molar-refractivity contribution >= 4 is 34.0 Å². The number of aliphatic hydroxyl groups is 1. The second-order valence-electron chi connectivity index (χ2n) is 7.68. The summed E-state index contributed by atoms with van der Waals surface area (Å²) in [6.07, 6.45) is 4.34. The van der Waals surface area contributed by atoms with E-state index in [1.165, 1.54) is 0 Å². The lowest BCUT2D eigenvalue weighted by atomic mass is 9.93. The number of rotatable bonds is 5. The van der Waals surface area contributed by atoms with Gasteiger partial charge in [0.1, 0.15) is 5.82 Å². The van der Waals surface area contributed by atoms with E-state index in [1.54, 1.807) is 0 Å². The summed E-state index contributed by atoms with van der Waals surface area (Å²) in [5.74, 6) is 1.47. The van der Waals surface area contributed by atoms with Crippen LogP contribution in [0.1, 0.15) is 38.3 Å². The maximum Gasteiger partial charge on any atom is 0.247 e. The molecule has 0 atom stereocenters. The molecule has 0 radical (unpaired) electrons. The van der Waals surface area contributed by atoms with Crippen molar-refractivity contribution in [2.24, 2.45) is 0 Å². The second-order valence-corrected chi connectivity index (χ2v) is 7.68. The monoisotopic (exact) mass is 391 g/mol. The molecule has 0 aliphatic heterocycles. The number of hydrogen-bond acceptors (Lipinski definition) is 6. The highest BCUT2D eigenvalue weighted by Gasteiger charge is 2.20. The summed E-state index contributed by atoms with van der Waals surface area (Å²) in [6.45, 7) is 2.10. The zero-order chi connectivity index (χ0) is 19.8. The van der Waals surface area contributed by atoms with Gasteiger partial charge >= 0.3 is 0 Å². The molecule has 1 aliphatic rings. The predicted molar refractivity (Wildman–Crippen MR) is 114 cm³/mol. The van der Waals surface area contributed by atoms with Gasteiger partial charge in [0.2, 0.25) is 5.95 Å². The van der Waals surface area contributed by atoms with Gasteiger partial charge in [-0.1, -0.05) is 13.0 Å². The Morgan fingerprint density at radius 2 is 2.03 bits per heavy atom. The van der Waals surface area contributed by atoms with Gasteiger partial charge in [0.05, 0.1) is 17.3 Å². The Kier molecular flexibility index (Phi) is 4.55. The lowest BCUT2D eigenvalue weighted by Crippen LogP contribution is -2.29. The maximum absolute atomic E-state index is 9.72. The van der Waals surface area contributed by atoms with Crippen LogP contribution in [0.4, 0.5) is 17.5 Å². The Balaban J connectivity index is 1.38. The van der Waals surface area contributed by atoms with Crippen LogP contribution in [0.3, 0.4) is 0 Å². The molecule has 1 aliphatic carbocycles. The van der Waals surface area contributed by atoms with Crippen LogP contribution in [-0.2, 0) is 6.42 Å². The van der Waals surface area contributed by atoms with Crippen molar-refractivity contribution < 1.29 is 5.11 Å². The topological polar surface area (TPSA) is 103 Å². The number of aryl methyl sites for hydroxylation is 1. The Morgan fingerprint density at radius 3 is 2.86 bits per heavy atom. The van der Waals surface area contributed by atoms with Crippen molar-refractivity contribution in [2.45, 2.75) is 51.2 Å². The molecule has 3 heterocycles. The van der Waals surface area contributed by atoms with Gasteiger partial charge in [-0.05, 0) is 62.4 Å². The number of aromatic amines is 1. The van der Waals surface area contributed by atoms with Crippen molar-refractivity contribution in [1.29, 1.82) is 0 Å². The van der Waals surface area contributed by atoms with Gasteiger partial charge in [-0.3, -0.25) is 5.10 Å². The number of H-pyrrole nitrogens is 1. The van der Waals surface area contributed by atoms with E-state index in [-0.39, 0.29) is 6.10 Å². The number of hydrogen-bond donors (Lipinski definition) is 4. The normalized spacial score (nSPS) is 19.7. The summed E-state index contributed by atoms with van der Waals surface area (Å²) >= 11 is 0. The van der Waals surface area contributed by atoms with Gasteiger partial charge in [0, 0.05) is 17.1 Å². The zero-order valence-corrected chi connectivity index (χ0v) is 16.4. The predicted octanol–water partition coefficient (Wildman–Crippen LogP) is 3.63. The molecule has 29 heavy (non-hydrogen) atoms. The molecule has 4 aromatic rings. The van der Waals surface area contributed by atoms with E-state index in [0.29, 0.717) is 12.0 Å². The quantitative estimate of drug-likeness (QED) is 0.414. The fraction of sp³-hybridized carbons (Fsp3) is 0.381. The Morgan fingerprint density at radius 1 is 1.17 bits per heavy atom. The second kappa shape index (κ2) is 7.36. The highest BCUT2D eigenvalue weighted by atomic mass is 16.3. The molecule has 1 fully saturated rings. The molecule has 4 N–H and O–H groups in total. The van der Waals surface area contributed by atoms with Crippen LogP contribution in [0.2, 0.25) is 0 Å². The van der Waals surface area contributed by atoms with Crippen molar-refractivity contribution in [1.82, 2.24) is 24.8 Å². The standard InChI is InChI=1S/C21H25N7O/c1-2-17-16-11-8-14(12-18(16)26-25-17)23-21-24-20-5-3-4-19(28(20)27-21)22-13-6-9-15(29)10-7-13/h3-5,8,11-13,15,22,29H,2,6-7,9-10H2,1H3,(H,23,27)(H,25,26)/t13-,15+. The van der Waals surface area contributed by atoms with Gasteiger partial charge in [-0.2, -0.15) is 14.6 Å². The molecule has 0 unspecified atom stereocenters. The van der Waals surface area contributed by atoms with E-state index >= 15 is 0 Å². The Labute approximate surface area is 168 Å². The van der Waals surface area contributed by atoms with E-state index in [4.69, 9.17) is 0 Å². The Bertz CT molecular complexity index is 1140. The average Bonchev–Trinajstić information content (AvgIpc) is 3.33. The summed E-state index contributed by atoms with van der Waals surface area (Å²) in [6, 6.07) is 12.4. The third-order valence-electron chi connectivity index (χ3n) is 5.64. The highest BCUT2D eigenvalue weighted by molar-refractivity contribution is 5.85. The molecule has 0 saturated heterocycles. The van der Waals surface area contributed by atoms with E-state index in [0.717, 1.165) is 65.9 Å². The smallest absolute Gasteiger partial charge is 0.247 e. The molecule has 0 amide bonds. The molecular weight excluding hydrogens is 366 g/mol. The van der Waals surface area contributed by atoms with E-state index in [1.807, 2.05) is 34.8 Å². The molecule has 1 saturated carbocycles. The fourth-order valence-corrected chi connectivity index (χ4v) is 4.05. The number of pyridine rings is 1. The summed E-state index contributed by atoms with van der Waals surface area (Å²) in [4.78, 5) is 4.61. The van der Waals surface area contributed by atoms with Crippen LogP contribution in [0.25, 0.3) is 16.6 Å². The first kappa shape index (κ1) is 17.9. The first-order chi connectivity index (χ1) is 14.2. The SMILES string of the molecule is CCc1n[nH]c2cc(Nc3nc4cccc(N[C@H]5CC[C@@H](O)CC5)n4n3)ccc12. The van der Waals surface area contributed by atoms with E-state index in [2.05, 4.69) is 43.9 Å². The number of anilines is 3. The minimum absolute atomic E-state index is 0.161. The van der Waals surface area contributed by atoms with Crippen molar-refractivity contribution in [2.75, 3.05) is 10.6 Å². The minimum atomic E-state index is -0.161. The molecule has 8 nitrogen and oxygen atoms in total. The van der Waals surface area contributed by atoms with Gasteiger partial charge < -0.3 is 15.7 Å². The summed E-state index contributed by atoms with van der Waals surface area (Å²) in [7, 11) is 0. The molecule has 5 rings (SSSR count). The lowest BCUT2D eigenvalue weighted by Gasteiger charge is -2.26. The van der Waals surface area contributed by atoms with Crippen LogP contribution in [-0.4, -0.2) is 42.0 Å². The first-order valence-electron chi connectivity index (χ1n) is 10.2. The maximum atomic E-state index is 9.72. The number of fused-ring (bicyclic) bond motifs is 2. The molecule has 0 bridgehead atoms. The van der Waals surface area contributed by atoms with Crippen molar-refractivity contribution in [3.63, 3.8) is 0 Å². The average molecular weight is 391 g/mol. The molecule has 8 heteroatoms. The third kappa shape index (κ3) is 3.51. The Hall–Kier alpha value is -3.13. The first-order valence-corrected chi connectivity index (χ1v) is 10.2. The summed E-state index contributed by atoms with van der Waals surface area (Å²) in [5.41, 5.74) is 3.76. The highest BCUT2D eigenvalue weighted by Crippen LogP contribution is 2.25. The number of nitrogens with one attached hydrogen (secondary N) is 3. The molecule has 0 spiro atoms. The van der Waals surface area contributed by atoms with Crippen LogP contribution in [0, 0.1) is 0 Å². The largest absolute Gasteiger partial charge is 0.393 e. The van der Waals surface area contributed by atoms with Gasteiger partial charge in [0.25, 0.3) is 0 Å². The van der Waals surface area contributed by atoms with Gasteiger partial charge in [-0.25, -0.2) is 0 Å². The minimum Gasteiger partial charge on any atom is -0.393 e. The van der Waals surface area contributed by atoms with Crippen LogP contribution in [0.5, 0.6) is 0 Å². The number of aliphatic hydroxyl groups excluding tert-OH is 1. The van der Waals surface area contributed by atoms with Crippen molar-refractivity contribution in [3.05, 3.63) is 42.1 Å².